The zero-order valence-corrected chi connectivity index (χ0v) is 11.6. The first-order valence-corrected chi connectivity index (χ1v) is 6.62. The Morgan fingerprint density at radius 1 is 1.31 bits per heavy atom. The minimum atomic E-state index is 0.458. The van der Waals surface area contributed by atoms with Crippen LogP contribution in [0.15, 0.2) is 18.2 Å². The van der Waals surface area contributed by atoms with Crippen molar-refractivity contribution in [3.8, 4) is 0 Å². The predicted octanol–water partition coefficient (Wildman–Crippen LogP) is 4.70. The molecule has 0 amide bonds. The molecule has 0 spiro atoms. The third-order valence-corrected chi connectivity index (χ3v) is 3.18. The highest BCUT2D eigenvalue weighted by atomic mass is 35.5. The molecule has 0 radical (unpaired) electrons. The third kappa shape index (κ3) is 3.29. The fraction of sp³-hybridized carbons (Fsp3) is 0.538. The van der Waals surface area contributed by atoms with E-state index in [0.717, 1.165) is 29.2 Å². The summed E-state index contributed by atoms with van der Waals surface area (Å²) in [6, 6.07) is 6.52. The number of halogens is 2. The highest BCUT2D eigenvalue weighted by Gasteiger charge is 2.12. The van der Waals surface area contributed by atoms with Crippen molar-refractivity contribution >= 4 is 28.9 Å². The van der Waals surface area contributed by atoms with Crippen molar-refractivity contribution in [2.24, 2.45) is 0 Å². The van der Waals surface area contributed by atoms with Gasteiger partial charge in [0.15, 0.2) is 0 Å². The Labute approximate surface area is 108 Å². The number of hydrogen-bond donors (Lipinski definition) is 0. The van der Waals surface area contributed by atoms with Crippen LogP contribution in [0.4, 0.5) is 5.69 Å². The van der Waals surface area contributed by atoms with Gasteiger partial charge in [0.2, 0.25) is 0 Å². The summed E-state index contributed by atoms with van der Waals surface area (Å²) in [5.74, 6) is 0.509. The molecule has 0 atom stereocenters. The zero-order chi connectivity index (χ0) is 12.1. The Morgan fingerprint density at radius 3 is 2.44 bits per heavy atom. The molecule has 0 aliphatic rings. The van der Waals surface area contributed by atoms with Crippen molar-refractivity contribution in [1.82, 2.24) is 0 Å². The van der Waals surface area contributed by atoms with E-state index in [4.69, 9.17) is 23.2 Å². The molecule has 0 bridgehead atoms. The summed E-state index contributed by atoms with van der Waals surface area (Å²) in [5.41, 5.74) is 2.17. The van der Waals surface area contributed by atoms with E-state index in [1.54, 1.807) is 0 Å². The highest BCUT2D eigenvalue weighted by Crippen LogP contribution is 2.29. The average molecular weight is 260 g/mol. The molecular weight excluding hydrogens is 241 g/mol. The van der Waals surface area contributed by atoms with Gasteiger partial charge in [-0.25, -0.2) is 0 Å². The molecule has 1 aromatic carbocycles. The van der Waals surface area contributed by atoms with Gasteiger partial charge in [-0.05, 0) is 38.0 Å². The molecule has 1 nitrogen and oxygen atoms in total. The normalized spacial score (nSPS) is 10.9. The molecule has 1 rings (SSSR count). The summed E-state index contributed by atoms with van der Waals surface area (Å²) in [7, 11) is 0. The van der Waals surface area contributed by atoms with Crippen LogP contribution in [0.5, 0.6) is 0 Å². The topological polar surface area (TPSA) is 3.24 Å². The average Bonchev–Trinajstić information content (AvgIpc) is 2.26. The Hall–Kier alpha value is -0.400. The van der Waals surface area contributed by atoms with Crippen LogP contribution in [0.2, 0.25) is 5.02 Å². The Morgan fingerprint density at radius 2 is 2.00 bits per heavy atom. The summed E-state index contributed by atoms with van der Waals surface area (Å²) in [6.07, 6.45) is 1.12. The second-order valence-electron chi connectivity index (χ2n) is 4.21. The van der Waals surface area contributed by atoms with Gasteiger partial charge >= 0.3 is 0 Å². The monoisotopic (exact) mass is 259 g/mol. The SMILES string of the molecule is CCCN(c1ccc(CCl)cc1Cl)C(C)C. The molecule has 0 saturated carbocycles. The van der Waals surface area contributed by atoms with Crippen LogP contribution in [0, 0.1) is 0 Å². The number of hydrogen-bond acceptors (Lipinski definition) is 1. The first-order chi connectivity index (χ1) is 7.60. The van der Waals surface area contributed by atoms with Crippen molar-refractivity contribution < 1.29 is 0 Å². The van der Waals surface area contributed by atoms with E-state index in [9.17, 15) is 0 Å². The molecule has 3 heteroatoms. The van der Waals surface area contributed by atoms with Gasteiger partial charge in [-0.15, -0.1) is 11.6 Å². The van der Waals surface area contributed by atoms with Gasteiger partial charge in [0.25, 0.3) is 0 Å². The second-order valence-corrected chi connectivity index (χ2v) is 4.88. The molecule has 0 N–H and O–H groups in total. The van der Waals surface area contributed by atoms with Gasteiger partial charge < -0.3 is 4.90 Å². The van der Waals surface area contributed by atoms with Gasteiger partial charge in [0.1, 0.15) is 0 Å². The quantitative estimate of drug-likeness (QED) is 0.693. The highest BCUT2D eigenvalue weighted by molar-refractivity contribution is 6.33. The smallest absolute Gasteiger partial charge is 0.0642 e. The van der Waals surface area contributed by atoms with Gasteiger partial charge in [0, 0.05) is 18.5 Å². The lowest BCUT2D eigenvalue weighted by molar-refractivity contribution is 0.671. The van der Waals surface area contributed by atoms with E-state index in [2.05, 4.69) is 31.7 Å². The maximum absolute atomic E-state index is 6.28. The molecule has 90 valence electrons. The Balaban J connectivity index is 3.00. The van der Waals surface area contributed by atoms with Gasteiger partial charge in [-0.2, -0.15) is 0 Å². The predicted molar refractivity (Wildman–Crippen MR) is 73.8 cm³/mol. The number of anilines is 1. The second kappa shape index (κ2) is 6.36. The van der Waals surface area contributed by atoms with Crippen molar-refractivity contribution in [3.63, 3.8) is 0 Å². The lowest BCUT2D eigenvalue weighted by Gasteiger charge is -2.29. The summed E-state index contributed by atoms with van der Waals surface area (Å²) < 4.78 is 0. The minimum absolute atomic E-state index is 0.458. The summed E-state index contributed by atoms with van der Waals surface area (Å²) in [4.78, 5) is 2.32. The molecule has 0 aromatic heterocycles. The maximum Gasteiger partial charge on any atom is 0.0642 e. The van der Waals surface area contributed by atoms with Crippen LogP contribution in [0.3, 0.4) is 0 Å². The van der Waals surface area contributed by atoms with E-state index < -0.39 is 0 Å². The molecule has 1 aromatic rings. The van der Waals surface area contributed by atoms with Gasteiger partial charge in [-0.1, -0.05) is 24.6 Å². The largest absolute Gasteiger partial charge is 0.368 e. The van der Waals surface area contributed by atoms with Crippen molar-refractivity contribution in [3.05, 3.63) is 28.8 Å². The van der Waals surface area contributed by atoms with Crippen LogP contribution in [-0.4, -0.2) is 12.6 Å². The van der Waals surface area contributed by atoms with Crippen LogP contribution in [0.25, 0.3) is 0 Å². The number of alkyl halides is 1. The van der Waals surface area contributed by atoms with Crippen LogP contribution in [-0.2, 0) is 5.88 Å². The van der Waals surface area contributed by atoms with E-state index in [1.165, 1.54) is 0 Å². The van der Waals surface area contributed by atoms with Crippen molar-refractivity contribution in [2.75, 3.05) is 11.4 Å². The maximum atomic E-state index is 6.28. The summed E-state index contributed by atoms with van der Waals surface area (Å²) in [5, 5.41) is 0.792. The van der Waals surface area contributed by atoms with Gasteiger partial charge in [0.05, 0.1) is 10.7 Å². The van der Waals surface area contributed by atoms with Crippen molar-refractivity contribution in [2.45, 2.75) is 39.1 Å². The molecular formula is C13H19Cl2N. The number of nitrogens with zero attached hydrogens (tertiary/aromatic N) is 1. The molecule has 0 unspecified atom stereocenters. The summed E-state index contributed by atoms with van der Waals surface area (Å²) in [6.45, 7) is 7.57. The lowest BCUT2D eigenvalue weighted by Crippen LogP contribution is -2.31. The van der Waals surface area contributed by atoms with Crippen LogP contribution in [0.1, 0.15) is 32.8 Å². The van der Waals surface area contributed by atoms with Gasteiger partial charge in [-0.3, -0.25) is 0 Å². The van der Waals surface area contributed by atoms with Crippen LogP contribution >= 0.6 is 23.2 Å². The molecule has 0 heterocycles. The van der Waals surface area contributed by atoms with E-state index in [-0.39, 0.29) is 0 Å². The number of rotatable bonds is 5. The standard InChI is InChI=1S/C13H19Cl2N/c1-4-7-16(10(2)3)13-6-5-11(9-14)8-12(13)15/h5-6,8,10H,4,7,9H2,1-3H3. The third-order valence-electron chi connectivity index (χ3n) is 2.56. The first-order valence-electron chi connectivity index (χ1n) is 5.71. The van der Waals surface area contributed by atoms with E-state index >= 15 is 0 Å². The first kappa shape index (κ1) is 13.7. The van der Waals surface area contributed by atoms with Crippen LogP contribution < -0.4 is 4.90 Å². The summed E-state index contributed by atoms with van der Waals surface area (Å²) >= 11 is 12.1. The molecule has 0 aliphatic heterocycles. The fourth-order valence-corrected chi connectivity index (χ4v) is 2.24. The Kier molecular flexibility index (Phi) is 5.43. The zero-order valence-electron chi connectivity index (χ0n) is 10.1. The number of benzene rings is 1. The molecule has 0 aliphatic carbocycles. The van der Waals surface area contributed by atoms with E-state index in [1.807, 2.05) is 12.1 Å². The minimum Gasteiger partial charge on any atom is -0.368 e. The fourth-order valence-electron chi connectivity index (χ4n) is 1.76. The lowest BCUT2D eigenvalue weighted by atomic mass is 10.2. The molecule has 0 fully saturated rings. The van der Waals surface area contributed by atoms with Crippen molar-refractivity contribution in [1.29, 1.82) is 0 Å². The molecule has 16 heavy (non-hydrogen) atoms. The molecule has 0 saturated heterocycles. The Bertz CT molecular complexity index is 337. The van der Waals surface area contributed by atoms with E-state index in [0.29, 0.717) is 11.9 Å².